The normalized spacial score (nSPS) is 21.6. The van der Waals surface area contributed by atoms with Crippen molar-refractivity contribution in [3.63, 3.8) is 0 Å². The lowest BCUT2D eigenvalue weighted by Gasteiger charge is -2.17. The van der Waals surface area contributed by atoms with Crippen molar-refractivity contribution in [1.82, 2.24) is 5.32 Å². The molecule has 20 heavy (non-hydrogen) atoms. The van der Waals surface area contributed by atoms with Crippen molar-refractivity contribution < 1.29 is 24.1 Å². The molecule has 2 atom stereocenters. The molecule has 1 aliphatic heterocycles. The molecule has 0 amide bonds. The Morgan fingerprint density at radius 3 is 2.25 bits per heavy atom. The lowest BCUT2D eigenvalue weighted by atomic mass is 10.1. The van der Waals surface area contributed by atoms with Gasteiger partial charge in [-0.15, -0.1) is 11.8 Å². The summed E-state index contributed by atoms with van der Waals surface area (Å²) in [5.41, 5.74) is 0.897. The van der Waals surface area contributed by atoms with Crippen LogP contribution in [0.5, 0.6) is 17.2 Å². The number of nitrogens with one attached hydrogen (secondary N) is 1. The molecular formula is C13H17NO5S. The Morgan fingerprint density at radius 1 is 1.25 bits per heavy atom. The second kappa shape index (κ2) is 6.23. The molecule has 0 bridgehead atoms. The Balaban J connectivity index is 2.31. The summed E-state index contributed by atoms with van der Waals surface area (Å²) < 4.78 is 15.9. The van der Waals surface area contributed by atoms with Crippen LogP contribution >= 0.6 is 11.8 Å². The minimum atomic E-state index is -0.840. The molecule has 1 aromatic carbocycles. The molecule has 7 heteroatoms. The van der Waals surface area contributed by atoms with Crippen LogP contribution in [0, 0.1) is 0 Å². The van der Waals surface area contributed by atoms with Gasteiger partial charge >= 0.3 is 5.97 Å². The van der Waals surface area contributed by atoms with E-state index in [1.54, 1.807) is 21.3 Å². The Labute approximate surface area is 121 Å². The number of carboxylic acids is 1. The lowest BCUT2D eigenvalue weighted by molar-refractivity contribution is -0.138. The standard InChI is InChI=1S/C13H17NO5S/c1-17-9-4-7(5-10(18-2)11(9)19-3)12-14-8(6-20-12)13(15)16/h4-5,8,12,14H,6H2,1-3H3,(H,15,16)/t8-,12?/m0/s1. The first kappa shape index (κ1) is 14.8. The van der Waals surface area contributed by atoms with Gasteiger partial charge in [0.05, 0.1) is 26.7 Å². The van der Waals surface area contributed by atoms with Gasteiger partial charge in [-0.05, 0) is 17.7 Å². The fourth-order valence-corrected chi connectivity index (χ4v) is 3.27. The van der Waals surface area contributed by atoms with Gasteiger partial charge in [-0.1, -0.05) is 0 Å². The summed E-state index contributed by atoms with van der Waals surface area (Å²) >= 11 is 1.54. The summed E-state index contributed by atoms with van der Waals surface area (Å²) in [7, 11) is 4.65. The summed E-state index contributed by atoms with van der Waals surface area (Å²) in [6.07, 6.45) is 0. The second-order valence-electron chi connectivity index (χ2n) is 4.23. The Bertz CT molecular complexity index is 483. The van der Waals surface area contributed by atoms with Crippen LogP contribution in [-0.4, -0.2) is 44.2 Å². The molecule has 110 valence electrons. The molecule has 6 nitrogen and oxygen atoms in total. The van der Waals surface area contributed by atoms with Crippen LogP contribution in [0.25, 0.3) is 0 Å². The van der Waals surface area contributed by atoms with E-state index in [0.717, 1.165) is 5.56 Å². The van der Waals surface area contributed by atoms with Gasteiger partial charge in [0.2, 0.25) is 5.75 Å². The lowest BCUT2D eigenvalue weighted by Crippen LogP contribution is -2.33. The van der Waals surface area contributed by atoms with E-state index in [-0.39, 0.29) is 5.37 Å². The highest BCUT2D eigenvalue weighted by Gasteiger charge is 2.31. The summed E-state index contributed by atoms with van der Waals surface area (Å²) in [5.74, 6) is 1.33. The number of aliphatic carboxylic acids is 1. The van der Waals surface area contributed by atoms with E-state index in [1.807, 2.05) is 12.1 Å². The number of ether oxygens (including phenoxy) is 3. The zero-order valence-corrected chi connectivity index (χ0v) is 12.3. The fourth-order valence-electron chi connectivity index (χ4n) is 2.06. The van der Waals surface area contributed by atoms with Crippen LogP contribution in [-0.2, 0) is 4.79 Å². The van der Waals surface area contributed by atoms with E-state index < -0.39 is 12.0 Å². The first-order valence-corrected chi connectivity index (χ1v) is 7.06. The molecule has 1 aromatic rings. The Morgan fingerprint density at radius 2 is 1.85 bits per heavy atom. The van der Waals surface area contributed by atoms with Crippen LogP contribution < -0.4 is 19.5 Å². The van der Waals surface area contributed by atoms with E-state index in [1.165, 1.54) is 11.8 Å². The van der Waals surface area contributed by atoms with Gasteiger partial charge < -0.3 is 19.3 Å². The number of benzene rings is 1. The highest BCUT2D eigenvalue weighted by molar-refractivity contribution is 7.99. The number of hydrogen-bond donors (Lipinski definition) is 2. The van der Waals surface area contributed by atoms with E-state index in [2.05, 4.69) is 5.32 Å². The molecule has 1 aliphatic rings. The van der Waals surface area contributed by atoms with Crippen LogP contribution in [0.4, 0.5) is 0 Å². The maximum Gasteiger partial charge on any atom is 0.321 e. The molecule has 2 rings (SSSR count). The van der Waals surface area contributed by atoms with Crippen LogP contribution in [0.15, 0.2) is 12.1 Å². The van der Waals surface area contributed by atoms with Gasteiger partial charge in [-0.2, -0.15) is 0 Å². The fraction of sp³-hybridized carbons (Fsp3) is 0.462. The van der Waals surface area contributed by atoms with Gasteiger partial charge in [-0.25, -0.2) is 0 Å². The highest BCUT2D eigenvalue weighted by atomic mass is 32.2. The van der Waals surface area contributed by atoms with Gasteiger partial charge in [0.15, 0.2) is 11.5 Å². The van der Waals surface area contributed by atoms with Gasteiger partial charge in [-0.3, -0.25) is 10.1 Å². The van der Waals surface area contributed by atoms with E-state index in [4.69, 9.17) is 19.3 Å². The van der Waals surface area contributed by atoms with E-state index in [0.29, 0.717) is 23.0 Å². The molecular weight excluding hydrogens is 282 g/mol. The minimum absolute atomic E-state index is 0.107. The smallest absolute Gasteiger partial charge is 0.321 e. The van der Waals surface area contributed by atoms with Crippen LogP contribution in [0.3, 0.4) is 0 Å². The minimum Gasteiger partial charge on any atom is -0.493 e. The molecule has 0 radical (unpaired) electrons. The number of carboxylic acid groups (broad SMARTS) is 1. The van der Waals surface area contributed by atoms with Crippen molar-refractivity contribution in [3.8, 4) is 17.2 Å². The van der Waals surface area contributed by atoms with E-state index in [9.17, 15) is 4.79 Å². The molecule has 1 unspecified atom stereocenters. The van der Waals surface area contributed by atoms with Crippen molar-refractivity contribution in [2.24, 2.45) is 0 Å². The van der Waals surface area contributed by atoms with Crippen molar-refractivity contribution >= 4 is 17.7 Å². The molecule has 0 aromatic heterocycles. The van der Waals surface area contributed by atoms with Crippen molar-refractivity contribution in [3.05, 3.63) is 17.7 Å². The topological polar surface area (TPSA) is 77.0 Å². The number of methoxy groups -OCH3 is 3. The second-order valence-corrected chi connectivity index (χ2v) is 5.37. The number of thioether (sulfide) groups is 1. The molecule has 1 saturated heterocycles. The van der Waals surface area contributed by atoms with Crippen molar-refractivity contribution in [2.75, 3.05) is 27.1 Å². The summed E-state index contributed by atoms with van der Waals surface area (Å²) in [5, 5.41) is 12.0. The van der Waals surface area contributed by atoms with Gasteiger partial charge in [0.1, 0.15) is 6.04 Å². The maximum absolute atomic E-state index is 11.0. The molecule has 0 saturated carbocycles. The third-order valence-electron chi connectivity index (χ3n) is 3.07. The quantitative estimate of drug-likeness (QED) is 0.853. The largest absolute Gasteiger partial charge is 0.493 e. The molecule has 1 heterocycles. The summed E-state index contributed by atoms with van der Waals surface area (Å²) in [6, 6.07) is 3.12. The number of carbonyl (C=O) groups is 1. The summed E-state index contributed by atoms with van der Waals surface area (Å²) in [4.78, 5) is 11.0. The first-order chi connectivity index (χ1) is 9.60. The molecule has 1 fully saturated rings. The summed E-state index contributed by atoms with van der Waals surface area (Å²) in [6.45, 7) is 0. The molecule has 0 spiro atoms. The SMILES string of the molecule is COc1cc(C2N[C@H](C(=O)O)CS2)cc(OC)c1OC. The predicted molar refractivity (Wildman–Crippen MR) is 75.9 cm³/mol. The number of rotatable bonds is 5. The van der Waals surface area contributed by atoms with Gasteiger partial charge in [0.25, 0.3) is 0 Å². The van der Waals surface area contributed by atoms with Crippen molar-refractivity contribution in [1.29, 1.82) is 0 Å². The van der Waals surface area contributed by atoms with Crippen molar-refractivity contribution in [2.45, 2.75) is 11.4 Å². The number of hydrogen-bond acceptors (Lipinski definition) is 6. The zero-order valence-electron chi connectivity index (χ0n) is 11.5. The monoisotopic (exact) mass is 299 g/mol. The maximum atomic E-state index is 11.0. The first-order valence-electron chi connectivity index (χ1n) is 6.01. The third-order valence-corrected chi connectivity index (χ3v) is 4.34. The zero-order chi connectivity index (χ0) is 14.7. The third kappa shape index (κ3) is 2.78. The predicted octanol–water partition coefficient (Wildman–Crippen LogP) is 1.50. The van der Waals surface area contributed by atoms with Gasteiger partial charge in [0, 0.05) is 5.75 Å². The highest BCUT2D eigenvalue weighted by Crippen LogP contribution is 2.43. The average Bonchev–Trinajstić information content (AvgIpc) is 2.95. The Kier molecular flexibility index (Phi) is 4.61. The average molecular weight is 299 g/mol. The van der Waals surface area contributed by atoms with Crippen LogP contribution in [0.2, 0.25) is 0 Å². The molecule has 0 aliphatic carbocycles. The molecule has 2 N–H and O–H groups in total. The van der Waals surface area contributed by atoms with Crippen LogP contribution in [0.1, 0.15) is 10.9 Å². The Hall–Kier alpha value is -1.60. The van der Waals surface area contributed by atoms with E-state index >= 15 is 0 Å².